The van der Waals surface area contributed by atoms with E-state index in [0.717, 1.165) is 54.8 Å². The van der Waals surface area contributed by atoms with Gasteiger partial charge < -0.3 is 14.6 Å². The number of benzene rings is 2. The van der Waals surface area contributed by atoms with E-state index in [0.29, 0.717) is 35.6 Å². The van der Waals surface area contributed by atoms with Crippen LogP contribution in [0.4, 0.5) is 5.13 Å². The molecule has 3 heterocycles. The molecule has 0 N–H and O–H groups in total. The first-order valence-electron chi connectivity index (χ1n) is 14.6. The minimum Gasteiger partial charge on any atom is -0.369 e. The minimum absolute atomic E-state index is 0.0177. The third-order valence-corrected chi connectivity index (χ3v) is 9.06. The smallest absolute Gasteiger partial charge is 0.259 e. The summed E-state index contributed by atoms with van der Waals surface area (Å²) in [6.07, 6.45) is 4.68. The lowest BCUT2D eigenvalue weighted by Crippen LogP contribution is -2.52. The van der Waals surface area contributed by atoms with Crippen LogP contribution < -0.4 is 9.90 Å². The van der Waals surface area contributed by atoms with Crippen molar-refractivity contribution in [3.8, 4) is 5.75 Å². The van der Waals surface area contributed by atoms with E-state index in [2.05, 4.69) is 21.8 Å². The predicted octanol–water partition coefficient (Wildman–Crippen LogP) is 4.74. The average molecular weight is 590 g/mol. The maximum absolute atomic E-state index is 13.1. The molecule has 9 nitrogen and oxygen atoms in total. The molecule has 5 rings (SSSR count). The number of allylic oxidation sites excluding steroid dienone is 1. The van der Waals surface area contributed by atoms with Gasteiger partial charge in [0.1, 0.15) is 0 Å². The van der Waals surface area contributed by atoms with Crippen LogP contribution in [0.25, 0.3) is 10.2 Å². The second-order valence-electron chi connectivity index (χ2n) is 11.4. The van der Waals surface area contributed by atoms with Crippen molar-refractivity contribution in [2.24, 2.45) is 0 Å². The fraction of sp³-hybridized carbons (Fsp3) is 0.438. The highest BCUT2D eigenvalue weighted by molar-refractivity contribution is 7.22. The van der Waals surface area contributed by atoms with Crippen LogP contribution in [0.3, 0.4) is 0 Å². The average Bonchev–Trinajstić information content (AvgIpc) is 3.42. The summed E-state index contributed by atoms with van der Waals surface area (Å²) in [5, 5.41) is 1.63. The molecule has 0 atom stereocenters. The van der Waals surface area contributed by atoms with E-state index in [1.54, 1.807) is 18.2 Å². The lowest BCUT2D eigenvalue weighted by Gasteiger charge is -2.41. The van der Waals surface area contributed by atoms with E-state index < -0.39 is 0 Å². The van der Waals surface area contributed by atoms with Gasteiger partial charge in [0.25, 0.3) is 5.91 Å². The van der Waals surface area contributed by atoms with Crippen LogP contribution in [0.2, 0.25) is 0 Å². The van der Waals surface area contributed by atoms with Crippen molar-refractivity contribution in [3.05, 3.63) is 65.7 Å². The molecule has 0 aliphatic carbocycles. The number of hydrogen-bond acceptors (Lipinski definition) is 8. The number of anilines is 1. The fourth-order valence-electron chi connectivity index (χ4n) is 5.51. The van der Waals surface area contributed by atoms with E-state index in [9.17, 15) is 14.4 Å². The van der Waals surface area contributed by atoms with Crippen molar-refractivity contribution in [3.63, 3.8) is 0 Å². The summed E-state index contributed by atoms with van der Waals surface area (Å²) >= 11 is 1.37. The van der Waals surface area contributed by atoms with Crippen LogP contribution in [0, 0.1) is 0 Å². The molecule has 0 bridgehead atoms. The van der Waals surface area contributed by atoms with Gasteiger partial charge in [-0.3, -0.25) is 19.3 Å². The Morgan fingerprint density at radius 3 is 2.38 bits per heavy atom. The van der Waals surface area contributed by atoms with Crippen LogP contribution in [-0.2, 0) is 9.59 Å². The van der Waals surface area contributed by atoms with Gasteiger partial charge in [0.2, 0.25) is 11.0 Å². The summed E-state index contributed by atoms with van der Waals surface area (Å²) in [6.45, 7) is 11.2. The number of amides is 2. The Hall–Kier alpha value is -3.60. The molecule has 2 fully saturated rings. The second-order valence-corrected chi connectivity index (χ2v) is 12.4. The summed E-state index contributed by atoms with van der Waals surface area (Å²) in [7, 11) is 2.16. The minimum atomic E-state index is -0.307. The zero-order chi connectivity index (χ0) is 29.8. The van der Waals surface area contributed by atoms with E-state index in [1.165, 1.54) is 35.5 Å². The number of ketones is 1. The monoisotopic (exact) mass is 589 g/mol. The highest BCUT2D eigenvalue weighted by Crippen LogP contribution is 2.33. The number of carbonyl (C=O) groups is 3. The van der Waals surface area contributed by atoms with Crippen molar-refractivity contribution < 1.29 is 19.2 Å². The lowest BCUT2D eigenvalue weighted by molar-refractivity contribution is -0.127. The van der Waals surface area contributed by atoms with E-state index in [1.807, 2.05) is 43.0 Å². The number of rotatable bonds is 8. The highest BCUT2D eigenvalue weighted by atomic mass is 32.1. The van der Waals surface area contributed by atoms with Gasteiger partial charge in [0, 0.05) is 69.4 Å². The fourth-order valence-corrected chi connectivity index (χ4v) is 6.46. The first-order valence-corrected chi connectivity index (χ1v) is 15.4. The molecule has 2 amide bonds. The number of para-hydroxylation sites is 1. The highest BCUT2D eigenvalue weighted by Gasteiger charge is 2.28. The van der Waals surface area contributed by atoms with Crippen LogP contribution in [0.5, 0.6) is 5.75 Å². The molecule has 0 saturated carbocycles. The Labute approximate surface area is 251 Å². The molecule has 0 spiro atoms. The number of hydroxylamine groups is 1. The summed E-state index contributed by atoms with van der Waals surface area (Å²) in [4.78, 5) is 55.9. The van der Waals surface area contributed by atoms with Gasteiger partial charge in [-0.2, -0.15) is 0 Å². The number of piperidine rings is 1. The van der Waals surface area contributed by atoms with Crippen LogP contribution in [0.15, 0.2) is 54.6 Å². The van der Waals surface area contributed by atoms with Crippen LogP contribution in [-0.4, -0.2) is 89.6 Å². The number of thiazole rings is 1. The zero-order valence-corrected chi connectivity index (χ0v) is 25.6. The lowest BCUT2D eigenvalue weighted by atomic mass is 9.98. The largest absolute Gasteiger partial charge is 0.369 e. The molecular formula is C32H39N5O4S. The third kappa shape index (κ3) is 6.88. The number of carbonyl (C=O) groups excluding carboxylic acids is 3. The topological polar surface area (TPSA) is 86.3 Å². The van der Waals surface area contributed by atoms with Crippen molar-refractivity contribution >= 4 is 44.3 Å². The first kappa shape index (κ1) is 29.9. The van der Waals surface area contributed by atoms with E-state index in [4.69, 9.17) is 4.84 Å². The van der Waals surface area contributed by atoms with E-state index in [-0.39, 0.29) is 23.5 Å². The van der Waals surface area contributed by atoms with Gasteiger partial charge in [0.05, 0.1) is 10.2 Å². The third-order valence-electron chi connectivity index (χ3n) is 8.06. The Bertz CT molecular complexity index is 1440. The van der Waals surface area contributed by atoms with Gasteiger partial charge in [-0.25, -0.2) is 4.98 Å². The maximum atomic E-state index is 13.1. The normalized spacial score (nSPS) is 17.3. The van der Waals surface area contributed by atoms with Gasteiger partial charge in [-0.15, -0.1) is 5.06 Å². The number of likely N-dealkylation sites (tertiary alicyclic amines) is 1. The molecule has 2 aliphatic rings. The van der Waals surface area contributed by atoms with Gasteiger partial charge in [-0.1, -0.05) is 37.3 Å². The van der Waals surface area contributed by atoms with Gasteiger partial charge in [0.15, 0.2) is 11.5 Å². The molecule has 2 aromatic carbocycles. The van der Waals surface area contributed by atoms with Gasteiger partial charge >= 0.3 is 0 Å². The van der Waals surface area contributed by atoms with Crippen molar-refractivity contribution in [1.29, 1.82) is 0 Å². The molecule has 42 heavy (non-hydrogen) atoms. The first-order chi connectivity index (χ1) is 20.2. The standard InChI is InChI=1S/C32H39N5O4S/c1-22(2)26-21-24(9-11-29(26)41-37(23(3)38)32-33-27-7-5-6-8-30(27)42-32)28(39)10-12-31(40)36-15-13-25(14-16-36)35-19-17-34(4)18-20-35/h5-12,21-22,25H,13-20H2,1-4H3. The SMILES string of the molecule is CC(=O)N(Oc1ccc(C(=O)C=CC(=O)N2CCC(N3CCN(C)CC3)CC2)cc1C(C)C)c1nc2ccccc2s1. The number of aromatic nitrogens is 1. The number of likely N-dealkylation sites (N-methyl/N-ethyl adjacent to an activating group) is 1. The van der Waals surface area contributed by atoms with E-state index >= 15 is 0 Å². The van der Waals surface area contributed by atoms with Crippen molar-refractivity contribution in [2.45, 2.75) is 45.6 Å². The Kier molecular flexibility index (Phi) is 9.35. The number of piperazine rings is 1. The molecule has 0 radical (unpaired) electrons. The maximum Gasteiger partial charge on any atom is 0.259 e. The number of nitrogens with zero attached hydrogens (tertiary/aromatic N) is 5. The number of fused-ring (bicyclic) bond motifs is 1. The van der Waals surface area contributed by atoms with Crippen molar-refractivity contribution in [1.82, 2.24) is 19.7 Å². The predicted molar refractivity (Wildman–Crippen MR) is 166 cm³/mol. The molecule has 10 heteroatoms. The molecule has 2 saturated heterocycles. The Morgan fingerprint density at radius 2 is 1.71 bits per heavy atom. The Morgan fingerprint density at radius 1 is 1.00 bits per heavy atom. The molecule has 3 aromatic rings. The summed E-state index contributed by atoms with van der Waals surface area (Å²) in [6, 6.07) is 13.3. The zero-order valence-electron chi connectivity index (χ0n) is 24.8. The second kappa shape index (κ2) is 13.1. The molecular weight excluding hydrogens is 550 g/mol. The molecule has 222 valence electrons. The molecule has 0 unspecified atom stereocenters. The van der Waals surface area contributed by atoms with Crippen LogP contribution in [0.1, 0.15) is 55.5 Å². The van der Waals surface area contributed by atoms with Crippen LogP contribution >= 0.6 is 11.3 Å². The number of hydrogen-bond donors (Lipinski definition) is 0. The van der Waals surface area contributed by atoms with Crippen molar-refractivity contribution in [2.75, 3.05) is 51.4 Å². The Balaban J connectivity index is 1.23. The quantitative estimate of drug-likeness (QED) is 0.213. The molecule has 2 aliphatic heterocycles. The summed E-state index contributed by atoms with van der Waals surface area (Å²) in [5.41, 5.74) is 2.02. The molecule has 1 aromatic heterocycles. The summed E-state index contributed by atoms with van der Waals surface area (Å²) in [5.74, 6) is -0.197. The van der Waals surface area contributed by atoms with Gasteiger partial charge in [-0.05, 0) is 62.2 Å². The summed E-state index contributed by atoms with van der Waals surface area (Å²) < 4.78 is 0.952.